The molecule has 0 amide bonds. The van der Waals surface area contributed by atoms with E-state index < -0.39 is 0 Å². The molecule has 0 radical (unpaired) electrons. The average molecular weight is 156 g/mol. The van der Waals surface area contributed by atoms with Gasteiger partial charge in [0.15, 0.2) is 0 Å². The van der Waals surface area contributed by atoms with E-state index in [4.69, 9.17) is 4.74 Å². The fourth-order valence-corrected chi connectivity index (χ4v) is 0.467. The number of aldehydes is 1. The van der Waals surface area contributed by atoms with E-state index in [1.807, 2.05) is 13.8 Å². The Morgan fingerprint density at radius 1 is 1.67 bits per heavy atom. The van der Waals surface area contributed by atoms with Crippen LogP contribution in [0.15, 0.2) is 0 Å². The van der Waals surface area contributed by atoms with Crippen LogP contribution in [-0.2, 0) is 9.53 Å². The van der Waals surface area contributed by atoms with Crippen molar-refractivity contribution in [2.24, 2.45) is 0 Å². The first-order valence-electron chi connectivity index (χ1n) is 2.92. The van der Waals surface area contributed by atoms with E-state index in [2.05, 4.69) is 0 Å². The van der Waals surface area contributed by atoms with Gasteiger partial charge in [-0.15, -0.1) is 0 Å². The van der Waals surface area contributed by atoms with Gasteiger partial charge in [0.05, 0.1) is 0 Å². The molecule has 0 aliphatic carbocycles. The van der Waals surface area contributed by atoms with Gasteiger partial charge in [-0.05, 0) is 13.3 Å². The SMILES string of the molecule is CCOC(C=O)CC.[H-].[K+]. The zero-order valence-electron chi connectivity index (χ0n) is 7.39. The van der Waals surface area contributed by atoms with Gasteiger partial charge in [-0.2, -0.15) is 0 Å². The Hall–Kier alpha value is 1.27. The van der Waals surface area contributed by atoms with Crippen LogP contribution in [0.2, 0.25) is 0 Å². The Morgan fingerprint density at radius 3 is 2.33 bits per heavy atom. The number of carbonyl (C=O) groups is 1. The number of hydrogen-bond donors (Lipinski definition) is 0. The van der Waals surface area contributed by atoms with Crippen LogP contribution < -0.4 is 51.4 Å². The summed E-state index contributed by atoms with van der Waals surface area (Å²) in [6.07, 6.45) is 1.43. The molecule has 3 heteroatoms. The molecule has 1 unspecified atom stereocenters. The molecule has 9 heavy (non-hydrogen) atoms. The van der Waals surface area contributed by atoms with Crippen LogP contribution in [0.3, 0.4) is 0 Å². The van der Waals surface area contributed by atoms with Crippen molar-refractivity contribution in [3.05, 3.63) is 0 Å². The molecule has 2 nitrogen and oxygen atoms in total. The van der Waals surface area contributed by atoms with E-state index in [0.717, 1.165) is 12.7 Å². The standard InChI is InChI=1S/C6H12O2.K.H/c1-3-6(5-7)8-4-2;;/h5-6H,3-4H2,1-2H3;;/q;+1;-1. The Bertz CT molecular complexity index is 70.8. The van der Waals surface area contributed by atoms with Crippen molar-refractivity contribution < 1.29 is 62.3 Å². The summed E-state index contributed by atoms with van der Waals surface area (Å²) in [5.74, 6) is 0. The van der Waals surface area contributed by atoms with Gasteiger partial charge >= 0.3 is 51.4 Å². The summed E-state index contributed by atoms with van der Waals surface area (Å²) in [6, 6.07) is 0. The third-order valence-electron chi connectivity index (χ3n) is 0.935. The first-order valence-corrected chi connectivity index (χ1v) is 2.92. The van der Waals surface area contributed by atoms with Crippen molar-refractivity contribution in [3.63, 3.8) is 0 Å². The molecule has 0 aliphatic heterocycles. The molecule has 0 rings (SSSR count). The normalized spacial score (nSPS) is 11.8. The summed E-state index contributed by atoms with van der Waals surface area (Å²) in [5.41, 5.74) is 0. The minimum Gasteiger partial charge on any atom is -1.00 e. The van der Waals surface area contributed by atoms with Gasteiger partial charge in [0.1, 0.15) is 12.4 Å². The molecule has 50 valence electrons. The van der Waals surface area contributed by atoms with E-state index in [-0.39, 0.29) is 58.9 Å². The third-order valence-corrected chi connectivity index (χ3v) is 0.935. The van der Waals surface area contributed by atoms with Crippen molar-refractivity contribution in [2.45, 2.75) is 26.4 Å². The van der Waals surface area contributed by atoms with Gasteiger partial charge in [-0.25, -0.2) is 0 Å². The van der Waals surface area contributed by atoms with E-state index in [1.165, 1.54) is 0 Å². The molecule has 0 N–H and O–H groups in total. The summed E-state index contributed by atoms with van der Waals surface area (Å²) in [7, 11) is 0. The van der Waals surface area contributed by atoms with Crippen LogP contribution in [0.1, 0.15) is 21.7 Å². The molecule has 0 aromatic rings. The third kappa shape index (κ3) is 7.16. The molecule has 0 aromatic carbocycles. The molecule has 0 bridgehead atoms. The fourth-order valence-electron chi connectivity index (χ4n) is 0.467. The van der Waals surface area contributed by atoms with Crippen molar-refractivity contribution in [2.75, 3.05) is 6.61 Å². The molecular weight excluding hydrogens is 143 g/mol. The second kappa shape index (κ2) is 9.27. The van der Waals surface area contributed by atoms with E-state index in [1.54, 1.807) is 0 Å². The minimum atomic E-state index is -0.181. The second-order valence-electron chi connectivity index (χ2n) is 1.54. The molecule has 1 atom stereocenters. The van der Waals surface area contributed by atoms with Crippen LogP contribution in [0.4, 0.5) is 0 Å². The first-order chi connectivity index (χ1) is 3.85. The summed E-state index contributed by atoms with van der Waals surface area (Å²) in [5, 5.41) is 0. The summed E-state index contributed by atoms with van der Waals surface area (Å²) < 4.78 is 4.97. The number of carbonyl (C=O) groups excluding carboxylic acids is 1. The van der Waals surface area contributed by atoms with Crippen molar-refractivity contribution in [1.82, 2.24) is 0 Å². The van der Waals surface area contributed by atoms with Crippen molar-refractivity contribution >= 4 is 6.29 Å². The van der Waals surface area contributed by atoms with Gasteiger partial charge in [0, 0.05) is 6.61 Å². The van der Waals surface area contributed by atoms with Crippen LogP contribution >= 0.6 is 0 Å². The summed E-state index contributed by atoms with van der Waals surface area (Å²) >= 11 is 0. The monoisotopic (exact) mass is 156 g/mol. The Balaban J connectivity index is -0.000000245. The summed E-state index contributed by atoms with van der Waals surface area (Å²) in [6.45, 7) is 4.43. The quantitative estimate of drug-likeness (QED) is 0.352. The summed E-state index contributed by atoms with van der Waals surface area (Å²) in [4.78, 5) is 10.0. The maximum Gasteiger partial charge on any atom is 1.00 e. The molecule has 0 saturated carbocycles. The van der Waals surface area contributed by atoms with Crippen LogP contribution in [0.5, 0.6) is 0 Å². The molecule has 0 aromatic heterocycles. The van der Waals surface area contributed by atoms with Gasteiger partial charge < -0.3 is 11.0 Å². The molecular formula is C6H13KO2. The van der Waals surface area contributed by atoms with Gasteiger partial charge in [0.2, 0.25) is 0 Å². The van der Waals surface area contributed by atoms with Gasteiger partial charge in [-0.1, -0.05) is 6.92 Å². The van der Waals surface area contributed by atoms with Gasteiger partial charge in [-0.3, -0.25) is 0 Å². The molecule has 0 heterocycles. The van der Waals surface area contributed by atoms with Crippen molar-refractivity contribution in [3.8, 4) is 0 Å². The Labute approximate surface area is 100 Å². The van der Waals surface area contributed by atoms with Crippen LogP contribution in [0, 0.1) is 0 Å². The van der Waals surface area contributed by atoms with Crippen LogP contribution in [-0.4, -0.2) is 19.0 Å². The number of ether oxygens (including phenoxy) is 1. The fraction of sp³-hybridized carbons (Fsp3) is 0.833. The zero-order chi connectivity index (χ0) is 6.41. The minimum absolute atomic E-state index is 0. The Kier molecular flexibility index (Phi) is 13.3. The molecule has 0 aliphatic rings. The molecule has 0 spiro atoms. The van der Waals surface area contributed by atoms with E-state index in [0.29, 0.717) is 6.61 Å². The van der Waals surface area contributed by atoms with E-state index >= 15 is 0 Å². The predicted octanol–water partition coefficient (Wildman–Crippen LogP) is -1.88. The largest absolute Gasteiger partial charge is 1.00 e. The van der Waals surface area contributed by atoms with Crippen LogP contribution in [0.25, 0.3) is 0 Å². The number of rotatable bonds is 4. The predicted molar refractivity (Wildman–Crippen MR) is 32.9 cm³/mol. The van der Waals surface area contributed by atoms with Gasteiger partial charge in [0.25, 0.3) is 0 Å². The maximum absolute atomic E-state index is 10.0. The number of hydrogen-bond acceptors (Lipinski definition) is 2. The maximum atomic E-state index is 10.0. The van der Waals surface area contributed by atoms with Crippen molar-refractivity contribution in [1.29, 1.82) is 0 Å². The van der Waals surface area contributed by atoms with E-state index in [9.17, 15) is 4.79 Å². The molecule has 0 fully saturated rings. The average Bonchev–Trinajstić information content (AvgIpc) is 1.83. The molecule has 0 saturated heterocycles. The zero-order valence-corrected chi connectivity index (χ0v) is 9.51. The second-order valence-corrected chi connectivity index (χ2v) is 1.54. The first kappa shape index (κ1) is 12.9. The smallest absolute Gasteiger partial charge is 1.00 e. The topological polar surface area (TPSA) is 26.3 Å². The Morgan fingerprint density at radius 2 is 2.22 bits per heavy atom.